The second-order valence-electron chi connectivity index (χ2n) is 6.30. The number of thiazole rings is 1. The number of fused-ring (bicyclic) bond motifs is 3. The van der Waals surface area contributed by atoms with E-state index in [1.807, 2.05) is 29.6 Å². The van der Waals surface area contributed by atoms with Crippen molar-refractivity contribution in [1.29, 1.82) is 0 Å². The molecule has 5 rings (SSSR count). The number of H-pyrrole nitrogens is 1. The maximum Gasteiger partial charge on any atom is 0.258 e. The third-order valence-electron chi connectivity index (χ3n) is 4.53. The number of hydrogen-bond acceptors (Lipinski definition) is 5. The third kappa shape index (κ3) is 2.82. The zero-order valence-electron chi connectivity index (χ0n) is 14.4. The predicted octanol–water partition coefficient (Wildman–Crippen LogP) is 5.08. The van der Waals surface area contributed by atoms with Gasteiger partial charge in [0.05, 0.1) is 22.1 Å². The molecule has 0 saturated carbocycles. The summed E-state index contributed by atoms with van der Waals surface area (Å²) in [6.45, 7) is 0. The molecule has 0 atom stereocenters. The third-order valence-corrected chi connectivity index (χ3v) is 5.12. The van der Waals surface area contributed by atoms with Crippen LogP contribution in [0, 0.1) is 5.82 Å². The van der Waals surface area contributed by atoms with Gasteiger partial charge in [0, 0.05) is 33.6 Å². The Bertz CT molecular complexity index is 1380. The van der Waals surface area contributed by atoms with Crippen molar-refractivity contribution in [1.82, 2.24) is 15.0 Å². The predicted molar refractivity (Wildman–Crippen MR) is 111 cm³/mol. The summed E-state index contributed by atoms with van der Waals surface area (Å²) in [5, 5.41) is 6.86. The monoisotopic (exact) mass is 388 g/mol. The molecule has 0 aliphatic heterocycles. The van der Waals surface area contributed by atoms with Gasteiger partial charge in [-0.2, -0.15) is 0 Å². The summed E-state index contributed by atoms with van der Waals surface area (Å²) < 4.78 is 13.9. The summed E-state index contributed by atoms with van der Waals surface area (Å²) in [6, 6.07) is 13.9. The molecule has 2 N–H and O–H groups in total. The van der Waals surface area contributed by atoms with Gasteiger partial charge in [0.25, 0.3) is 5.56 Å². The molecule has 7 heteroatoms. The van der Waals surface area contributed by atoms with Crippen LogP contribution in [0.4, 0.5) is 15.9 Å². The Hall–Kier alpha value is -3.58. The van der Waals surface area contributed by atoms with Crippen molar-refractivity contribution in [2.24, 2.45) is 0 Å². The lowest BCUT2D eigenvalue weighted by Crippen LogP contribution is -2.07. The summed E-state index contributed by atoms with van der Waals surface area (Å²) in [5.74, 6) is 0.156. The Morgan fingerprint density at radius 1 is 1.07 bits per heavy atom. The molecule has 28 heavy (non-hydrogen) atoms. The van der Waals surface area contributed by atoms with Crippen LogP contribution in [0.2, 0.25) is 0 Å². The molecule has 3 aromatic heterocycles. The second-order valence-corrected chi connectivity index (χ2v) is 7.02. The molecule has 3 heterocycles. The minimum Gasteiger partial charge on any atom is -0.340 e. The van der Waals surface area contributed by atoms with Gasteiger partial charge >= 0.3 is 0 Å². The summed E-state index contributed by atoms with van der Waals surface area (Å²) in [6.07, 6.45) is 1.54. The molecule has 0 amide bonds. The Kier molecular flexibility index (Phi) is 3.87. The van der Waals surface area contributed by atoms with Crippen LogP contribution in [0.5, 0.6) is 0 Å². The molecule has 5 aromatic rings. The maximum absolute atomic E-state index is 13.9. The van der Waals surface area contributed by atoms with Crippen molar-refractivity contribution in [3.63, 3.8) is 0 Å². The Morgan fingerprint density at radius 3 is 2.86 bits per heavy atom. The number of rotatable bonds is 3. The number of aromatic nitrogens is 3. The van der Waals surface area contributed by atoms with Gasteiger partial charge in [-0.25, -0.2) is 14.4 Å². The second kappa shape index (κ2) is 6.54. The highest BCUT2D eigenvalue weighted by Crippen LogP contribution is 2.31. The maximum atomic E-state index is 13.9. The largest absolute Gasteiger partial charge is 0.340 e. The topological polar surface area (TPSA) is 70.7 Å². The average Bonchev–Trinajstić information content (AvgIpc) is 3.23. The number of nitrogens with one attached hydrogen (secondary N) is 2. The van der Waals surface area contributed by atoms with Gasteiger partial charge in [0.2, 0.25) is 0 Å². The molecule has 0 aliphatic carbocycles. The molecule has 0 bridgehead atoms. The average molecular weight is 388 g/mol. The molecule has 136 valence electrons. The summed E-state index contributed by atoms with van der Waals surface area (Å²) in [5.41, 5.74) is 4.71. The van der Waals surface area contributed by atoms with Crippen molar-refractivity contribution in [3.8, 4) is 11.3 Å². The molecule has 0 aliphatic rings. The van der Waals surface area contributed by atoms with Gasteiger partial charge in [0.15, 0.2) is 0 Å². The Balaban J connectivity index is 1.69. The molecule has 0 saturated heterocycles. The molecular formula is C21H13FN4OS. The van der Waals surface area contributed by atoms with Crippen LogP contribution >= 0.6 is 11.3 Å². The molecule has 0 unspecified atom stereocenters. The van der Waals surface area contributed by atoms with Crippen LogP contribution in [0.1, 0.15) is 0 Å². The van der Waals surface area contributed by atoms with Crippen LogP contribution in [0.3, 0.4) is 0 Å². The zero-order valence-corrected chi connectivity index (χ0v) is 15.3. The first-order valence-electron chi connectivity index (χ1n) is 8.55. The molecular weight excluding hydrogens is 375 g/mol. The van der Waals surface area contributed by atoms with Crippen LogP contribution in [0.15, 0.2) is 70.4 Å². The van der Waals surface area contributed by atoms with Crippen LogP contribution in [-0.4, -0.2) is 15.0 Å². The van der Waals surface area contributed by atoms with Crippen molar-refractivity contribution >= 4 is 44.5 Å². The smallest absolute Gasteiger partial charge is 0.258 e. The van der Waals surface area contributed by atoms with Crippen molar-refractivity contribution in [3.05, 3.63) is 81.8 Å². The lowest BCUT2D eigenvalue weighted by atomic mass is 10.1. The van der Waals surface area contributed by atoms with E-state index in [4.69, 9.17) is 0 Å². The van der Waals surface area contributed by atoms with Gasteiger partial charge in [-0.1, -0.05) is 12.1 Å². The van der Waals surface area contributed by atoms with Gasteiger partial charge in [-0.15, -0.1) is 11.3 Å². The number of aromatic amines is 1. The van der Waals surface area contributed by atoms with Crippen LogP contribution in [0.25, 0.3) is 32.9 Å². The van der Waals surface area contributed by atoms with E-state index < -0.39 is 5.82 Å². The fraction of sp³-hybridized carbons (Fsp3) is 0. The molecule has 0 fully saturated rings. The van der Waals surface area contributed by atoms with E-state index in [1.165, 1.54) is 29.7 Å². The Morgan fingerprint density at radius 2 is 2.00 bits per heavy atom. The first-order chi connectivity index (χ1) is 13.7. The van der Waals surface area contributed by atoms with Gasteiger partial charge in [-0.3, -0.25) is 4.79 Å². The standard InChI is InChI=1S/C21H13FN4OS/c22-13-4-5-15-16(9-13)19-17(6-7-23-21(19)27)26-20(15)25-14-3-1-2-12(8-14)18-10-28-11-24-18/h1-11H,(H,23,27)(H,25,26). The normalized spacial score (nSPS) is 11.2. The highest BCUT2D eigenvalue weighted by molar-refractivity contribution is 7.07. The SMILES string of the molecule is O=c1[nH]ccc2nc(Nc3cccc(-c4cscn4)c3)c3ccc(F)cc3c12. The summed E-state index contributed by atoms with van der Waals surface area (Å²) in [4.78, 5) is 23.9. The van der Waals surface area contributed by atoms with E-state index in [9.17, 15) is 9.18 Å². The van der Waals surface area contributed by atoms with E-state index in [0.717, 1.165) is 16.9 Å². The van der Waals surface area contributed by atoms with Crippen LogP contribution < -0.4 is 10.9 Å². The van der Waals surface area contributed by atoms with E-state index >= 15 is 0 Å². The van der Waals surface area contributed by atoms with Crippen molar-refractivity contribution < 1.29 is 4.39 Å². The quantitative estimate of drug-likeness (QED) is 0.423. The molecule has 2 aromatic carbocycles. The molecule has 0 radical (unpaired) electrons. The molecule has 0 spiro atoms. The Labute approximate surface area is 162 Å². The van der Waals surface area contributed by atoms with E-state index in [-0.39, 0.29) is 5.56 Å². The van der Waals surface area contributed by atoms with E-state index in [1.54, 1.807) is 17.6 Å². The van der Waals surface area contributed by atoms with Gasteiger partial charge < -0.3 is 10.3 Å². The minimum absolute atomic E-state index is 0.294. The lowest BCUT2D eigenvalue weighted by Gasteiger charge is -2.12. The van der Waals surface area contributed by atoms with Crippen molar-refractivity contribution in [2.45, 2.75) is 0 Å². The first-order valence-corrected chi connectivity index (χ1v) is 9.50. The van der Waals surface area contributed by atoms with Gasteiger partial charge in [0.1, 0.15) is 11.6 Å². The highest BCUT2D eigenvalue weighted by atomic mass is 32.1. The number of hydrogen-bond donors (Lipinski definition) is 2. The number of nitrogens with zero attached hydrogens (tertiary/aromatic N) is 2. The highest BCUT2D eigenvalue weighted by Gasteiger charge is 2.12. The zero-order chi connectivity index (χ0) is 19.1. The lowest BCUT2D eigenvalue weighted by molar-refractivity contribution is 0.630. The fourth-order valence-electron chi connectivity index (χ4n) is 3.28. The van der Waals surface area contributed by atoms with E-state index in [0.29, 0.717) is 27.5 Å². The number of pyridine rings is 2. The summed E-state index contributed by atoms with van der Waals surface area (Å²) >= 11 is 1.54. The number of benzene rings is 2. The van der Waals surface area contributed by atoms with Gasteiger partial charge in [-0.05, 0) is 36.4 Å². The van der Waals surface area contributed by atoms with E-state index in [2.05, 4.69) is 20.3 Å². The summed E-state index contributed by atoms with van der Waals surface area (Å²) in [7, 11) is 0. The fourth-order valence-corrected chi connectivity index (χ4v) is 3.84. The van der Waals surface area contributed by atoms with Crippen LogP contribution in [-0.2, 0) is 0 Å². The van der Waals surface area contributed by atoms with Crippen molar-refractivity contribution in [2.75, 3.05) is 5.32 Å². The number of anilines is 2. The molecule has 5 nitrogen and oxygen atoms in total. The number of halogens is 1. The minimum atomic E-state index is -0.403. The first kappa shape index (κ1) is 16.6.